The Morgan fingerprint density at radius 3 is 2.57 bits per heavy atom. The molecule has 5 heteroatoms. The van der Waals surface area contributed by atoms with Crippen molar-refractivity contribution in [1.82, 2.24) is 0 Å². The van der Waals surface area contributed by atoms with Crippen LogP contribution in [0.1, 0.15) is 15.9 Å². The summed E-state index contributed by atoms with van der Waals surface area (Å²) < 4.78 is 28.7. The zero-order valence-electron chi connectivity index (χ0n) is 12.8. The maximum Gasteiger partial charge on any atom is 0.338 e. The van der Waals surface area contributed by atoms with Crippen molar-refractivity contribution in [3.05, 3.63) is 72.1 Å². The molecule has 0 saturated carbocycles. The fourth-order valence-corrected chi connectivity index (χ4v) is 1.87. The lowest BCUT2D eigenvalue weighted by molar-refractivity contribution is 0.0549. The fraction of sp³-hybridized carbons (Fsp3) is 0.167. The van der Waals surface area contributed by atoms with Gasteiger partial charge in [0.05, 0.1) is 12.7 Å². The van der Waals surface area contributed by atoms with Crippen molar-refractivity contribution in [2.45, 2.75) is 6.61 Å². The van der Waals surface area contributed by atoms with Gasteiger partial charge in [-0.25, -0.2) is 9.18 Å². The smallest absolute Gasteiger partial charge is 0.338 e. The molecule has 2 aromatic rings. The number of esters is 1. The third kappa shape index (κ3) is 4.57. The summed E-state index contributed by atoms with van der Waals surface area (Å²) in [6, 6.07) is 10.8. The molecule has 0 bridgehead atoms. The Balaban J connectivity index is 2.08. The van der Waals surface area contributed by atoms with Gasteiger partial charge in [-0.2, -0.15) is 0 Å². The largest absolute Gasteiger partial charge is 0.493 e. The van der Waals surface area contributed by atoms with E-state index in [9.17, 15) is 9.18 Å². The number of carbonyl (C=O) groups is 1. The van der Waals surface area contributed by atoms with E-state index in [0.29, 0.717) is 17.1 Å². The SMILES string of the molecule is C=CCOC(=O)c1ccc(OCc2ccc(F)cc2)c(OC)c1. The van der Waals surface area contributed by atoms with Crippen molar-refractivity contribution in [3.8, 4) is 11.5 Å². The predicted octanol–water partition coefficient (Wildman–Crippen LogP) is 3.76. The van der Waals surface area contributed by atoms with Crippen molar-refractivity contribution in [1.29, 1.82) is 0 Å². The quantitative estimate of drug-likeness (QED) is 0.576. The van der Waals surface area contributed by atoms with Crippen LogP contribution in [-0.2, 0) is 11.3 Å². The van der Waals surface area contributed by atoms with E-state index >= 15 is 0 Å². The fourth-order valence-electron chi connectivity index (χ4n) is 1.87. The molecular weight excluding hydrogens is 299 g/mol. The Labute approximate surface area is 134 Å². The number of methoxy groups -OCH3 is 1. The van der Waals surface area contributed by atoms with Crippen molar-refractivity contribution >= 4 is 5.97 Å². The number of carbonyl (C=O) groups excluding carboxylic acids is 1. The summed E-state index contributed by atoms with van der Waals surface area (Å²) in [6.07, 6.45) is 1.50. The van der Waals surface area contributed by atoms with Gasteiger partial charge in [0.2, 0.25) is 0 Å². The molecule has 23 heavy (non-hydrogen) atoms. The Morgan fingerprint density at radius 2 is 1.91 bits per heavy atom. The lowest BCUT2D eigenvalue weighted by Gasteiger charge is -2.12. The van der Waals surface area contributed by atoms with Gasteiger partial charge in [0.15, 0.2) is 11.5 Å². The van der Waals surface area contributed by atoms with Gasteiger partial charge >= 0.3 is 5.97 Å². The molecule has 0 aromatic heterocycles. The monoisotopic (exact) mass is 316 g/mol. The normalized spacial score (nSPS) is 10.0. The van der Waals surface area contributed by atoms with Crippen LogP contribution in [0.3, 0.4) is 0 Å². The molecule has 0 spiro atoms. The van der Waals surface area contributed by atoms with Crippen molar-refractivity contribution in [2.24, 2.45) is 0 Å². The van der Waals surface area contributed by atoms with Gasteiger partial charge in [-0.1, -0.05) is 24.8 Å². The third-order valence-corrected chi connectivity index (χ3v) is 3.04. The zero-order valence-corrected chi connectivity index (χ0v) is 12.8. The molecule has 0 aliphatic rings. The lowest BCUT2D eigenvalue weighted by Crippen LogP contribution is -2.06. The molecule has 4 nitrogen and oxygen atoms in total. The van der Waals surface area contributed by atoms with E-state index in [-0.39, 0.29) is 19.0 Å². The minimum Gasteiger partial charge on any atom is -0.493 e. The molecule has 0 unspecified atom stereocenters. The predicted molar refractivity (Wildman–Crippen MR) is 84.2 cm³/mol. The summed E-state index contributed by atoms with van der Waals surface area (Å²) in [6.45, 7) is 3.89. The van der Waals surface area contributed by atoms with E-state index in [1.165, 1.54) is 25.3 Å². The highest BCUT2D eigenvalue weighted by molar-refractivity contribution is 5.90. The van der Waals surface area contributed by atoms with Crippen LogP contribution in [-0.4, -0.2) is 19.7 Å². The van der Waals surface area contributed by atoms with Crippen molar-refractivity contribution < 1.29 is 23.4 Å². The van der Waals surface area contributed by atoms with Crippen LogP contribution in [0.15, 0.2) is 55.1 Å². The summed E-state index contributed by atoms with van der Waals surface area (Å²) in [4.78, 5) is 11.8. The second-order valence-electron chi connectivity index (χ2n) is 4.67. The van der Waals surface area contributed by atoms with Gasteiger partial charge in [-0.3, -0.25) is 0 Å². The van der Waals surface area contributed by atoms with Gasteiger partial charge in [0.1, 0.15) is 19.0 Å². The number of hydrogen-bond donors (Lipinski definition) is 0. The standard InChI is InChI=1S/C18H17FO4/c1-3-10-22-18(20)14-6-9-16(17(11-14)21-2)23-12-13-4-7-15(19)8-5-13/h3-9,11H,1,10,12H2,2H3. The number of benzene rings is 2. The summed E-state index contributed by atoms with van der Waals surface area (Å²) in [7, 11) is 1.49. The maximum absolute atomic E-state index is 12.9. The molecule has 0 aliphatic heterocycles. The molecule has 0 N–H and O–H groups in total. The number of ether oxygens (including phenoxy) is 3. The van der Waals surface area contributed by atoms with E-state index in [1.54, 1.807) is 30.3 Å². The van der Waals surface area contributed by atoms with E-state index in [1.807, 2.05) is 0 Å². The van der Waals surface area contributed by atoms with Crippen LogP contribution in [0.25, 0.3) is 0 Å². The molecule has 2 rings (SSSR count). The summed E-state index contributed by atoms with van der Waals surface area (Å²) in [5.74, 6) is 0.138. The minimum atomic E-state index is -0.465. The Kier molecular flexibility index (Phi) is 5.74. The van der Waals surface area contributed by atoms with Crippen LogP contribution in [0.5, 0.6) is 11.5 Å². The van der Waals surface area contributed by atoms with Gasteiger partial charge in [0.25, 0.3) is 0 Å². The molecule has 2 aromatic carbocycles. The third-order valence-electron chi connectivity index (χ3n) is 3.04. The van der Waals surface area contributed by atoms with Gasteiger partial charge in [-0.05, 0) is 35.9 Å². The minimum absolute atomic E-state index is 0.143. The first-order chi connectivity index (χ1) is 11.1. The van der Waals surface area contributed by atoms with Crippen LogP contribution in [0, 0.1) is 5.82 Å². The highest BCUT2D eigenvalue weighted by Gasteiger charge is 2.12. The second kappa shape index (κ2) is 7.98. The Morgan fingerprint density at radius 1 is 1.17 bits per heavy atom. The highest BCUT2D eigenvalue weighted by atomic mass is 19.1. The van der Waals surface area contributed by atoms with Gasteiger partial charge < -0.3 is 14.2 Å². The number of halogens is 1. The van der Waals surface area contributed by atoms with Crippen LogP contribution >= 0.6 is 0 Å². The van der Waals surface area contributed by atoms with Crippen LogP contribution in [0.4, 0.5) is 4.39 Å². The molecule has 120 valence electrons. The molecule has 0 saturated heterocycles. The summed E-state index contributed by atoms with van der Waals surface area (Å²) in [5, 5.41) is 0. The molecule has 0 atom stereocenters. The summed E-state index contributed by atoms with van der Waals surface area (Å²) in [5.41, 5.74) is 1.18. The first-order valence-corrected chi connectivity index (χ1v) is 6.97. The average molecular weight is 316 g/mol. The van der Waals surface area contributed by atoms with Crippen LogP contribution < -0.4 is 9.47 Å². The second-order valence-corrected chi connectivity index (χ2v) is 4.67. The Hall–Kier alpha value is -2.82. The van der Waals surface area contributed by atoms with E-state index in [0.717, 1.165) is 5.56 Å². The van der Waals surface area contributed by atoms with E-state index in [2.05, 4.69) is 6.58 Å². The molecule has 0 fully saturated rings. The lowest BCUT2D eigenvalue weighted by atomic mass is 10.2. The van der Waals surface area contributed by atoms with Crippen LogP contribution in [0.2, 0.25) is 0 Å². The number of rotatable bonds is 7. The van der Waals surface area contributed by atoms with E-state index in [4.69, 9.17) is 14.2 Å². The molecule has 0 aliphatic carbocycles. The molecule has 0 radical (unpaired) electrons. The summed E-state index contributed by atoms with van der Waals surface area (Å²) >= 11 is 0. The molecule has 0 amide bonds. The first kappa shape index (κ1) is 16.5. The zero-order chi connectivity index (χ0) is 16.7. The average Bonchev–Trinajstić information content (AvgIpc) is 2.59. The van der Waals surface area contributed by atoms with Crippen molar-refractivity contribution in [3.63, 3.8) is 0 Å². The Bertz CT molecular complexity index is 680. The van der Waals surface area contributed by atoms with Gasteiger partial charge in [0, 0.05) is 0 Å². The van der Waals surface area contributed by atoms with E-state index < -0.39 is 5.97 Å². The molecular formula is C18H17FO4. The van der Waals surface area contributed by atoms with Gasteiger partial charge in [-0.15, -0.1) is 0 Å². The highest BCUT2D eigenvalue weighted by Crippen LogP contribution is 2.29. The molecule has 0 heterocycles. The topological polar surface area (TPSA) is 44.8 Å². The number of hydrogen-bond acceptors (Lipinski definition) is 4. The maximum atomic E-state index is 12.9. The first-order valence-electron chi connectivity index (χ1n) is 6.97. The van der Waals surface area contributed by atoms with Crippen molar-refractivity contribution in [2.75, 3.05) is 13.7 Å².